The van der Waals surface area contributed by atoms with Gasteiger partial charge in [0.15, 0.2) is 5.96 Å². The summed E-state index contributed by atoms with van der Waals surface area (Å²) in [6, 6.07) is 14.0. The standard InChI is InChI=1S/C22H28FN5O/c1-3-24-22(26-15-21(29)17-9-11-18(23)12-10-17)25-13-6-14-28-16(2)27-19-7-4-5-8-20(19)28/h4-5,7-12,21,29H,3,6,13-15H2,1-2H3,(H2,24,25,26). The number of aliphatic hydroxyl groups is 1. The fraction of sp³-hybridized carbons (Fsp3) is 0.364. The van der Waals surface area contributed by atoms with E-state index in [-0.39, 0.29) is 12.4 Å². The lowest BCUT2D eigenvalue weighted by molar-refractivity contribution is 0.187. The third-order valence-electron chi connectivity index (χ3n) is 4.72. The quantitative estimate of drug-likeness (QED) is 0.310. The van der Waals surface area contributed by atoms with Crippen LogP contribution in [-0.2, 0) is 6.54 Å². The van der Waals surface area contributed by atoms with Crippen molar-refractivity contribution >= 4 is 17.0 Å². The lowest BCUT2D eigenvalue weighted by atomic mass is 10.1. The smallest absolute Gasteiger partial charge is 0.191 e. The van der Waals surface area contributed by atoms with Crippen molar-refractivity contribution in [2.75, 3.05) is 19.6 Å². The Balaban J connectivity index is 1.53. The van der Waals surface area contributed by atoms with Crippen LogP contribution in [0.15, 0.2) is 53.5 Å². The van der Waals surface area contributed by atoms with Crippen molar-refractivity contribution in [1.82, 2.24) is 20.2 Å². The average molecular weight is 397 g/mol. The van der Waals surface area contributed by atoms with Gasteiger partial charge in [-0.05, 0) is 50.1 Å². The minimum Gasteiger partial charge on any atom is -0.386 e. The van der Waals surface area contributed by atoms with Gasteiger partial charge < -0.3 is 20.3 Å². The van der Waals surface area contributed by atoms with E-state index in [1.165, 1.54) is 12.1 Å². The lowest BCUT2D eigenvalue weighted by Crippen LogP contribution is -2.38. The molecule has 3 N–H and O–H groups in total. The summed E-state index contributed by atoms with van der Waals surface area (Å²) < 4.78 is 15.2. The van der Waals surface area contributed by atoms with Crippen LogP contribution in [-0.4, -0.2) is 40.3 Å². The molecular formula is C22H28FN5O. The number of nitrogens with one attached hydrogen (secondary N) is 2. The Morgan fingerprint density at radius 2 is 1.93 bits per heavy atom. The molecule has 154 valence electrons. The summed E-state index contributed by atoms with van der Waals surface area (Å²) in [7, 11) is 0. The van der Waals surface area contributed by atoms with Gasteiger partial charge in [-0.1, -0.05) is 24.3 Å². The summed E-state index contributed by atoms with van der Waals surface area (Å²) in [5, 5.41) is 16.7. The molecule has 0 amide bonds. The molecular weight excluding hydrogens is 369 g/mol. The predicted octanol–water partition coefficient (Wildman–Crippen LogP) is 3.16. The van der Waals surface area contributed by atoms with Crippen molar-refractivity contribution in [3.05, 3.63) is 65.7 Å². The maximum atomic E-state index is 13.0. The number of aromatic nitrogens is 2. The highest BCUT2D eigenvalue weighted by atomic mass is 19.1. The lowest BCUT2D eigenvalue weighted by Gasteiger charge is -2.14. The zero-order valence-electron chi connectivity index (χ0n) is 16.9. The van der Waals surface area contributed by atoms with Gasteiger partial charge in [-0.3, -0.25) is 4.99 Å². The number of nitrogens with zero attached hydrogens (tertiary/aromatic N) is 3. The van der Waals surface area contributed by atoms with Gasteiger partial charge in [0.05, 0.1) is 23.7 Å². The normalized spacial score (nSPS) is 12.9. The number of aryl methyl sites for hydroxylation is 2. The molecule has 0 fully saturated rings. The number of fused-ring (bicyclic) bond motifs is 1. The van der Waals surface area contributed by atoms with Crippen LogP contribution in [0.1, 0.15) is 30.8 Å². The number of hydrogen-bond acceptors (Lipinski definition) is 3. The summed E-state index contributed by atoms with van der Waals surface area (Å²) in [5.74, 6) is 1.34. The summed E-state index contributed by atoms with van der Waals surface area (Å²) in [6.45, 7) is 6.54. The Labute approximate surface area is 170 Å². The van der Waals surface area contributed by atoms with Gasteiger partial charge in [0.2, 0.25) is 0 Å². The van der Waals surface area contributed by atoms with E-state index in [2.05, 4.69) is 31.2 Å². The van der Waals surface area contributed by atoms with Crippen molar-refractivity contribution in [3.63, 3.8) is 0 Å². The zero-order valence-corrected chi connectivity index (χ0v) is 16.9. The van der Waals surface area contributed by atoms with Crippen LogP contribution in [0.5, 0.6) is 0 Å². The Hall–Kier alpha value is -2.93. The molecule has 29 heavy (non-hydrogen) atoms. The Morgan fingerprint density at radius 1 is 1.17 bits per heavy atom. The molecule has 3 aromatic rings. The molecule has 6 nitrogen and oxygen atoms in total. The number of aliphatic hydroxyl groups excluding tert-OH is 1. The monoisotopic (exact) mass is 397 g/mol. The van der Waals surface area contributed by atoms with Crippen molar-refractivity contribution in [2.24, 2.45) is 4.99 Å². The van der Waals surface area contributed by atoms with Gasteiger partial charge in [0.25, 0.3) is 0 Å². The van der Waals surface area contributed by atoms with Crippen molar-refractivity contribution in [2.45, 2.75) is 32.9 Å². The van der Waals surface area contributed by atoms with Crippen LogP contribution in [0.2, 0.25) is 0 Å². The minimum absolute atomic E-state index is 0.201. The molecule has 0 radical (unpaired) electrons. The van der Waals surface area contributed by atoms with Crippen molar-refractivity contribution in [3.8, 4) is 0 Å². The molecule has 1 atom stereocenters. The predicted molar refractivity (Wildman–Crippen MR) is 114 cm³/mol. The molecule has 1 heterocycles. The molecule has 0 aliphatic carbocycles. The Bertz CT molecular complexity index is 951. The van der Waals surface area contributed by atoms with Crippen molar-refractivity contribution in [1.29, 1.82) is 0 Å². The van der Waals surface area contributed by atoms with Crippen LogP contribution in [0.3, 0.4) is 0 Å². The second kappa shape index (κ2) is 10.0. The second-order valence-corrected chi connectivity index (χ2v) is 6.87. The molecule has 0 spiro atoms. The number of hydrogen-bond donors (Lipinski definition) is 3. The van der Waals surface area contributed by atoms with Gasteiger partial charge in [-0.25, -0.2) is 9.37 Å². The number of imidazole rings is 1. The number of benzene rings is 2. The van der Waals surface area contributed by atoms with Gasteiger partial charge in [0, 0.05) is 19.6 Å². The summed E-state index contributed by atoms with van der Waals surface area (Å²) >= 11 is 0. The topological polar surface area (TPSA) is 74.5 Å². The first kappa shape index (κ1) is 20.8. The fourth-order valence-electron chi connectivity index (χ4n) is 3.23. The van der Waals surface area contributed by atoms with Crippen LogP contribution < -0.4 is 10.6 Å². The number of guanidine groups is 1. The third kappa shape index (κ3) is 5.54. The van der Waals surface area contributed by atoms with E-state index in [0.717, 1.165) is 42.9 Å². The number of halogens is 1. The zero-order chi connectivity index (χ0) is 20.6. The van der Waals surface area contributed by atoms with Crippen LogP contribution in [0.4, 0.5) is 4.39 Å². The molecule has 0 aliphatic rings. The third-order valence-corrected chi connectivity index (χ3v) is 4.72. The van der Waals surface area contributed by atoms with E-state index in [1.54, 1.807) is 12.1 Å². The van der Waals surface area contributed by atoms with Crippen LogP contribution >= 0.6 is 0 Å². The average Bonchev–Trinajstić information content (AvgIpc) is 3.04. The molecule has 1 unspecified atom stereocenters. The summed E-state index contributed by atoms with van der Waals surface area (Å²) in [6.07, 6.45) is 0.137. The number of aliphatic imine (C=N–C) groups is 1. The van der Waals surface area contributed by atoms with E-state index in [1.807, 2.05) is 32.0 Å². The highest BCUT2D eigenvalue weighted by Gasteiger charge is 2.08. The largest absolute Gasteiger partial charge is 0.386 e. The Morgan fingerprint density at radius 3 is 2.69 bits per heavy atom. The van der Waals surface area contributed by atoms with Crippen LogP contribution in [0, 0.1) is 12.7 Å². The van der Waals surface area contributed by atoms with E-state index < -0.39 is 6.10 Å². The molecule has 0 saturated carbocycles. The van der Waals surface area contributed by atoms with Gasteiger partial charge in [0.1, 0.15) is 11.6 Å². The van der Waals surface area contributed by atoms with E-state index in [4.69, 9.17) is 0 Å². The fourth-order valence-corrected chi connectivity index (χ4v) is 3.23. The highest BCUT2D eigenvalue weighted by Crippen LogP contribution is 2.16. The molecule has 7 heteroatoms. The van der Waals surface area contributed by atoms with Gasteiger partial charge >= 0.3 is 0 Å². The first-order valence-corrected chi connectivity index (χ1v) is 9.96. The molecule has 0 aliphatic heterocycles. The Kier molecular flexibility index (Phi) is 7.19. The molecule has 1 aromatic heterocycles. The summed E-state index contributed by atoms with van der Waals surface area (Å²) in [5.41, 5.74) is 2.81. The maximum absolute atomic E-state index is 13.0. The van der Waals surface area contributed by atoms with E-state index in [0.29, 0.717) is 11.5 Å². The molecule has 0 bridgehead atoms. The summed E-state index contributed by atoms with van der Waals surface area (Å²) in [4.78, 5) is 9.04. The molecule has 0 saturated heterocycles. The number of para-hydroxylation sites is 2. The molecule has 2 aromatic carbocycles. The van der Waals surface area contributed by atoms with Crippen molar-refractivity contribution < 1.29 is 9.50 Å². The first-order chi connectivity index (χ1) is 14.1. The first-order valence-electron chi connectivity index (χ1n) is 9.96. The minimum atomic E-state index is -0.772. The SMILES string of the molecule is CCNC(=NCC(O)c1ccc(F)cc1)NCCCn1c(C)nc2ccccc21. The molecule has 3 rings (SSSR count). The van der Waals surface area contributed by atoms with E-state index >= 15 is 0 Å². The van der Waals surface area contributed by atoms with Gasteiger partial charge in [-0.15, -0.1) is 0 Å². The van der Waals surface area contributed by atoms with Crippen LogP contribution in [0.25, 0.3) is 11.0 Å². The maximum Gasteiger partial charge on any atom is 0.191 e. The second-order valence-electron chi connectivity index (χ2n) is 6.87. The highest BCUT2D eigenvalue weighted by molar-refractivity contribution is 5.79. The number of rotatable bonds is 8. The van der Waals surface area contributed by atoms with E-state index in [9.17, 15) is 9.50 Å². The van der Waals surface area contributed by atoms with Gasteiger partial charge in [-0.2, -0.15) is 0 Å².